The SMILES string of the molecule is CCCCNC(=O)CC(O)C(CC(C)C)NC(=O)C(CCC(N)=O)NC(=O)COc1ccc2ccccc2c1. The van der Waals surface area contributed by atoms with Crippen LogP contribution in [0.4, 0.5) is 0 Å². The van der Waals surface area contributed by atoms with Gasteiger partial charge in [-0.3, -0.25) is 19.2 Å². The molecule has 39 heavy (non-hydrogen) atoms. The lowest BCUT2D eigenvalue weighted by Gasteiger charge is -2.28. The molecular weight excluding hydrogens is 500 g/mol. The van der Waals surface area contributed by atoms with E-state index in [1.807, 2.05) is 57.2 Å². The Morgan fingerprint density at radius 2 is 1.72 bits per heavy atom. The van der Waals surface area contributed by atoms with Gasteiger partial charge in [0.2, 0.25) is 17.7 Å². The fourth-order valence-corrected chi connectivity index (χ4v) is 4.11. The molecule has 4 amide bonds. The van der Waals surface area contributed by atoms with E-state index in [9.17, 15) is 24.3 Å². The zero-order valence-electron chi connectivity index (χ0n) is 23.1. The lowest BCUT2D eigenvalue weighted by atomic mass is 9.96. The Bertz CT molecular complexity index is 1110. The summed E-state index contributed by atoms with van der Waals surface area (Å²) in [4.78, 5) is 49.5. The van der Waals surface area contributed by atoms with Crippen LogP contribution in [0, 0.1) is 5.92 Å². The molecule has 214 valence electrons. The first-order valence-corrected chi connectivity index (χ1v) is 13.5. The predicted molar refractivity (Wildman–Crippen MR) is 150 cm³/mol. The molecule has 6 N–H and O–H groups in total. The largest absolute Gasteiger partial charge is 0.484 e. The van der Waals surface area contributed by atoms with Crippen LogP contribution >= 0.6 is 0 Å². The number of carbonyl (C=O) groups excluding carboxylic acids is 4. The molecule has 0 aromatic heterocycles. The molecular formula is C29H42N4O6. The summed E-state index contributed by atoms with van der Waals surface area (Å²) in [7, 11) is 0. The van der Waals surface area contributed by atoms with Gasteiger partial charge in [0.05, 0.1) is 18.6 Å². The van der Waals surface area contributed by atoms with Crippen LogP contribution in [0.2, 0.25) is 0 Å². The minimum atomic E-state index is -1.12. The van der Waals surface area contributed by atoms with E-state index in [1.54, 1.807) is 6.07 Å². The summed E-state index contributed by atoms with van der Waals surface area (Å²) in [6.07, 6.45) is 0.740. The molecule has 10 heteroatoms. The number of hydrogen-bond acceptors (Lipinski definition) is 6. The number of fused-ring (bicyclic) bond motifs is 1. The maximum Gasteiger partial charge on any atom is 0.258 e. The number of nitrogens with two attached hydrogens (primary N) is 1. The minimum absolute atomic E-state index is 0.0229. The summed E-state index contributed by atoms with van der Waals surface area (Å²) in [5.41, 5.74) is 5.28. The summed E-state index contributed by atoms with van der Waals surface area (Å²) < 4.78 is 5.62. The van der Waals surface area contributed by atoms with Gasteiger partial charge in [0.1, 0.15) is 11.8 Å². The fourth-order valence-electron chi connectivity index (χ4n) is 4.11. The van der Waals surface area contributed by atoms with E-state index >= 15 is 0 Å². The van der Waals surface area contributed by atoms with Gasteiger partial charge < -0.3 is 31.5 Å². The summed E-state index contributed by atoms with van der Waals surface area (Å²) in [5, 5.41) is 20.9. The third kappa shape index (κ3) is 11.7. The highest BCUT2D eigenvalue weighted by atomic mass is 16.5. The first kappa shape index (κ1) is 31.6. The van der Waals surface area contributed by atoms with Crippen molar-refractivity contribution < 1.29 is 29.0 Å². The van der Waals surface area contributed by atoms with Crippen molar-refractivity contribution in [2.45, 2.75) is 77.5 Å². The van der Waals surface area contributed by atoms with Crippen molar-refractivity contribution in [2.24, 2.45) is 11.7 Å². The molecule has 0 aliphatic rings. The van der Waals surface area contributed by atoms with Gasteiger partial charge in [-0.1, -0.05) is 57.5 Å². The van der Waals surface area contributed by atoms with Crippen LogP contribution in [0.15, 0.2) is 42.5 Å². The zero-order chi connectivity index (χ0) is 28.8. The van der Waals surface area contributed by atoms with E-state index < -0.39 is 35.9 Å². The molecule has 2 aromatic rings. The predicted octanol–water partition coefficient (Wildman–Crippen LogP) is 2.17. The first-order chi connectivity index (χ1) is 18.6. The number of unbranched alkanes of at least 4 members (excludes halogenated alkanes) is 1. The minimum Gasteiger partial charge on any atom is -0.484 e. The standard InChI is InChI=1S/C29H42N4O6/c1-4-5-14-31-27(36)17-25(34)24(15-19(2)3)33-29(38)23(12-13-26(30)35)32-28(37)18-39-22-11-10-20-8-6-7-9-21(20)16-22/h6-11,16,19,23-25,34H,4-5,12-15,17-18H2,1-3H3,(H2,30,35)(H,31,36)(H,32,37)(H,33,38). The Morgan fingerprint density at radius 3 is 2.38 bits per heavy atom. The molecule has 0 saturated carbocycles. The molecule has 3 atom stereocenters. The molecule has 0 fully saturated rings. The molecule has 0 saturated heterocycles. The molecule has 0 radical (unpaired) electrons. The molecule has 0 bridgehead atoms. The molecule has 0 aliphatic heterocycles. The monoisotopic (exact) mass is 542 g/mol. The van der Waals surface area contributed by atoms with Gasteiger partial charge in [0.25, 0.3) is 5.91 Å². The average molecular weight is 543 g/mol. The van der Waals surface area contributed by atoms with E-state index in [4.69, 9.17) is 10.5 Å². The van der Waals surface area contributed by atoms with Gasteiger partial charge in [-0.2, -0.15) is 0 Å². The number of aliphatic hydroxyl groups is 1. The van der Waals surface area contributed by atoms with Crippen molar-refractivity contribution in [1.29, 1.82) is 0 Å². The summed E-state index contributed by atoms with van der Waals surface area (Å²) in [6.45, 7) is 6.06. The highest BCUT2D eigenvalue weighted by molar-refractivity contribution is 5.89. The highest BCUT2D eigenvalue weighted by Gasteiger charge is 2.29. The van der Waals surface area contributed by atoms with Crippen LogP contribution in [-0.4, -0.2) is 60.1 Å². The van der Waals surface area contributed by atoms with Crippen LogP contribution in [0.1, 0.15) is 59.3 Å². The molecule has 2 aromatic carbocycles. The molecule has 2 rings (SSSR count). The molecule has 0 aliphatic carbocycles. The summed E-state index contributed by atoms with van der Waals surface area (Å²) in [5.74, 6) is -1.43. The van der Waals surface area contributed by atoms with Crippen LogP contribution < -0.4 is 26.4 Å². The summed E-state index contributed by atoms with van der Waals surface area (Å²) in [6, 6.07) is 11.4. The molecule has 10 nitrogen and oxygen atoms in total. The lowest BCUT2D eigenvalue weighted by molar-refractivity contribution is -0.132. The zero-order valence-corrected chi connectivity index (χ0v) is 23.1. The van der Waals surface area contributed by atoms with Gasteiger partial charge in [0, 0.05) is 13.0 Å². The third-order valence-corrected chi connectivity index (χ3v) is 6.19. The number of carbonyl (C=O) groups is 4. The highest BCUT2D eigenvalue weighted by Crippen LogP contribution is 2.20. The van der Waals surface area contributed by atoms with E-state index in [0.29, 0.717) is 18.7 Å². The lowest BCUT2D eigenvalue weighted by Crippen LogP contribution is -2.54. The Balaban J connectivity index is 2.02. The number of primary amides is 1. The van der Waals surface area contributed by atoms with Crippen molar-refractivity contribution in [1.82, 2.24) is 16.0 Å². The fraction of sp³-hybridized carbons (Fsp3) is 0.517. The van der Waals surface area contributed by atoms with Crippen LogP contribution in [0.5, 0.6) is 5.75 Å². The Labute approximate surface area is 230 Å². The van der Waals surface area contributed by atoms with Gasteiger partial charge in [-0.15, -0.1) is 0 Å². The first-order valence-electron chi connectivity index (χ1n) is 13.5. The number of hydrogen-bond donors (Lipinski definition) is 5. The second kappa shape index (κ2) is 16.3. The third-order valence-electron chi connectivity index (χ3n) is 6.19. The molecule has 0 heterocycles. The molecule has 0 spiro atoms. The number of nitrogens with one attached hydrogen (secondary N) is 3. The quantitative estimate of drug-likeness (QED) is 0.193. The van der Waals surface area contributed by atoms with Gasteiger partial charge in [0.15, 0.2) is 6.61 Å². The van der Waals surface area contributed by atoms with Gasteiger partial charge in [-0.05, 0) is 48.1 Å². The average Bonchev–Trinajstić information content (AvgIpc) is 2.89. The van der Waals surface area contributed by atoms with Crippen LogP contribution in [0.25, 0.3) is 10.8 Å². The second-order valence-corrected chi connectivity index (χ2v) is 10.1. The second-order valence-electron chi connectivity index (χ2n) is 10.1. The number of rotatable bonds is 17. The van der Waals surface area contributed by atoms with Gasteiger partial charge >= 0.3 is 0 Å². The van der Waals surface area contributed by atoms with Crippen molar-refractivity contribution in [2.75, 3.05) is 13.2 Å². The number of ether oxygens (including phenoxy) is 1. The number of benzene rings is 2. The van der Waals surface area contributed by atoms with E-state index in [-0.39, 0.29) is 37.7 Å². The number of aliphatic hydroxyl groups excluding tert-OH is 1. The van der Waals surface area contributed by atoms with Crippen molar-refractivity contribution in [3.05, 3.63) is 42.5 Å². The Kier molecular flexibility index (Phi) is 13.2. The maximum absolute atomic E-state index is 13.2. The topological polar surface area (TPSA) is 160 Å². The number of amides is 4. The van der Waals surface area contributed by atoms with E-state index in [1.165, 1.54) is 0 Å². The van der Waals surface area contributed by atoms with Gasteiger partial charge in [-0.25, -0.2) is 0 Å². The van der Waals surface area contributed by atoms with E-state index in [2.05, 4.69) is 16.0 Å². The van der Waals surface area contributed by atoms with Crippen molar-refractivity contribution in [3.63, 3.8) is 0 Å². The smallest absolute Gasteiger partial charge is 0.258 e. The summed E-state index contributed by atoms with van der Waals surface area (Å²) >= 11 is 0. The Morgan fingerprint density at radius 1 is 1.00 bits per heavy atom. The van der Waals surface area contributed by atoms with Crippen LogP contribution in [-0.2, 0) is 19.2 Å². The Hall–Kier alpha value is -3.66. The van der Waals surface area contributed by atoms with Crippen molar-refractivity contribution >= 4 is 34.4 Å². The normalized spacial score (nSPS) is 13.4. The maximum atomic E-state index is 13.2. The molecule has 3 unspecified atom stereocenters. The van der Waals surface area contributed by atoms with Crippen molar-refractivity contribution in [3.8, 4) is 5.75 Å². The van der Waals surface area contributed by atoms with Crippen LogP contribution in [0.3, 0.4) is 0 Å². The van der Waals surface area contributed by atoms with E-state index in [0.717, 1.165) is 23.6 Å².